The van der Waals surface area contributed by atoms with Crippen molar-refractivity contribution in [2.75, 3.05) is 0 Å². The van der Waals surface area contributed by atoms with Crippen LogP contribution in [0.4, 0.5) is 0 Å². The van der Waals surface area contributed by atoms with Crippen LogP contribution in [0.15, 0.2) is 30.3 Å². The van der Waals surface area contributed by atoms with Crippen LogP contribution in [-0.2, 0) is 17.0 Å². The Kier molecular flexibility index (Phi) is 8.84. The summed E-state index contributed by atoms with van der Waals surface area (Å²) in [6, 6.07) is 10.7. The Morgan fingerprint density at radius 2 is 1.50 bits per heavy atom. The molecule has 0 unspecified atom stereocenters. The quantitative estimate of drug-likeness (QED) is 0.677. The van der Waals surface area contributed by atoms with Gasteiger partial charge in [0, 0.05) is 0 Å². The molecule has 0 saturated carbocycles. The van der Waals surface area contributed by atoms with E-state index in [0.29, 0.717) is 0 Å². The zero-order valence-corrected chi connectivity index (χ0v) is 11.4. The summed E-state index contributed by atoms with van der Waals surface area (Å²) in [6.45, 7) is 4.69. The Labute approximate surface area is 92.6 Å². The van der Waals surface area contributed by atoms with E-state index in [9.17, 15) is 0 Å². The third-order valence-corrected chi connectivity index (χ3v) is 3.18. The molecule has 0 saturated heterocycles. The van der Waals surface area contributed by atoms with Crippen molar-refractivity contribution in [1.82, 2.24) is 0 Å². The van der Waals surface area contributed by atoms with Crippen molar-refractivity contribution in [3.63, 3.8) is 0 Å². The molecule has 0 aromatic heterocycles. The molecule has 4 heteroatoms. The summed E-state index contributed by atoms with van der Waals surface area (Å²) < 4.78 is 0. The fourth-order valence-corrected chi connectivity index (χ4v) is 1.83. The van der Waals surface area contributed by atoms with Gasteiger partial charge < -0.3 is 0 Å². The van der Waals surface area contributed by atoms with E-state index in [-0.39, 0.29) is 0 Å². The molecule has 0 aliphatic heterocycles. The maximum atomic E-state index is 4.89. The summed E-state index contributed by atoms with van der Waals surface area (Å²) in [6.07, 6.45) is 0. The van der Waals surface area contributed by atoms with Gasteiger partial charge >= 0.3 is 35.6 Å². The van der Waals surface area contributed by atoms with E-state index >= 15 is 0 Å². The Hall–Kier alpha value is 0.731. The Bertz CT molecular complexity index is 192. The van der Waals surface area contributed by atoms with Crippen LogP contribution in [0.1, 0.15) is 0 Å². The second-order valence-corrected chi connectivity index (χ2v) is 8.19. The fourth-order valence-electron chi connectivity index (χ4n) is 0.838. The van der Waals surface area contributed by atoms with Gasteiger partial charge in [-0.05, 0) is 0 Å². The summed E-state index contributed by atoms with van der Waals surface area (Å²) >= 11 is -0.556. The molecule has 0 heterocycles. The maximum absolute atomic E-state index is 4.89. The van der Waals surface area contributed by atoms with Crippen molar-refractivity contribution in [3.05, 3.63) is 30.3 Å². The van der Waals surface area contributed by atoms with Gasteiger partial charge in [0.25, 0.3) is 0 Å². The molecule has 0 spiro atoms. The molecule has 0 atom stereocenters. The first-order chi connectivity index (χ1) is 5.72. The van der Waals surface area contributed by atoms with Gasteiger partial charge in [-0.1, -0.05) is 48.6 Å². The van der Waals surface area contributed by atoms with Crippen molar-refractivity contribution in [2.24, 2.45) is 0 Å². The van der Waals surface area contributed by atoms with Gasteiger partial charge in [-0.3, -0.25) is 0 Å². The average molecular weight is 255 g/mol. The molecular weight excluding hydrogens is 243 g/mol. The molecule has 66 valence electrons. The summed E-state index contributed by atoms with van der Waals surface area (Å²) in [5.74, 6) is 0. The average Bonchev–Trinajstić information content (AvgIpc) is 2.07. The molecule has 0 N–H and O–H groups in total. The van der Waals surface area contributed by atoms with E-state index in [4.69, 9.17) is 18.6 Å². The predicted octanol–water partition coefficient (Wildman–Crippen LogP) is 2.76. The van der Waals surface area contributed by atoms with Gasteiger partial charge in [0.1, 0.15) is 0 Å². The Balaban J connectivity index is 0.000000354. The van der Waals surface area contributed by atoms with Gasteiger partial charge in [-0.15, -0.1) is 0 Å². The van der Waals surface area contributed by atoms with Gasteiger partial charge in [-0.2, -0.15) is 0 Å². The molecule has 0 fully saturated rings. The van der Waals surface area contributed by atoms with Gasteiger partial charge in [0.15, 0.2) is 0 Å². The summed E-state index contributed by atoms with van der Waals surface area (Å²) in [5.41, 5.74) is 0. The van der Waals surface area contributed by atoms with E-state index in [1.165, 1.54) is 0 Å². The van der Waals surface area contributed by atoms with Crippen LogP contribution in [0.3, 0.4) is 0 Å². The number of hydrogen-bond donors (Lipinski definition) is 0. The number of hydrogen-bond acceptors (Lipinski definition) is 0. The monoisotopic (exact) mass is 254 g/mol. The molecule has 0 bridgehead atoms. The SMILES string of the molecule is C[SiH](C)c1ccccc1.[Cl][Ti][Cl]. The molecule has 0 aliphatic carbocycles. The van der Waals surface area contributed by atoms with Gasteiger partial charge in [0.2, 0.25) is 0 Å². The van der Waals surface area contributed by atoms with Crippen LogP contribution in [-0.4, -0.2) is 8.80 Å². The van der Waals surface area contributed by atoms with Crippen molar-refractivity contribution in [2.45, 2.75) is 13.1 Å². The van der Waals surface area contributed by atoms with E-state index in [2.05, 4.69) is 43.4 Å². The standard InChI is InChI=1S/C8H12Si.2ClH.Ti/c1-9(2)8-6-4-3-5-7-8;;;/h3-7,9H,1-2H3;2*1H;/q;;;+2/p-2. The second-order valence-electron chi connectivity index (χ2n) is 2.64. The van der Waals surface area contributed by atoms with Crippen LogP contribution < -0.4 is 5.19 Å². The first kappa shape index (κ1) is 12.7. The Morgan fingerprint density at radius 3 is 1.75 bits per heavy atom. The van der Waals surface area contributed by atoms with Crippen molar-refractivity contribution in [3.8, 4) is 0 Å². The molecule has 1 rings (SSSR count). The molecule has 1 aromatic carbocycles. The predicted molar refractivity (Wildman–Crippen MR) is 56.7 cm³/mol. The van der Waals surface area contributed by atoms with Gasteiger partial charge in [-0.25, -0.2) is 0 Å². The summed E-state index contributed by atoms with van der Waals surface area (Å²) in [4.78, 5) is 0. The fraction of sp³-hybridized carbons (Fsp3) is 0.250. The number of benzene rings is 1. The molecule has 0 aliphatic rings. The summed E-state index contributed by atoms with van der Waals surface area (Å²) in [5, 5.41) is 1.55. The van der Waals surface area contributed by atoms with Crippen molar-refractivity contribution >= 4 is 32.6 Å². The third-order valence-electron chi connectivity index (χ3n) is 1.47. The van der Waals surface area contributed by atoms with E-state index in [0.717, 1.165) is 0 Å². The van der Waals surface area contributed by atoms with Crippen LogP contribution in [0.25, 0.3) is 0 Å². The van der Waals surface area contributed by atoms with Crippen molar-refractivity contribution in [1.29, 1.82) is 0 Å². The number of rotatable bonds is 1. The van der Waals surface area contributed by atoms with Crippen LogP contribution in [0.2, 0.25) is 13.1 Å². The zero-order chi connectivity index (χ0) is 9.40. The van der Waals surface area contributed by atoms with E-state index < -0.39 is 25.8 Å². The molecule has 0 amide bonds. The third kappa shape index (κ3) is 6.27. The molecule has 0 radical (unpaired) electrons. The second kappa shape index (κ2) is 8.33. The van der Waals surface area contributed by atoms with E-state index in [1.807, 2.05) is 0 Å². The zero-order valence-electron chi connectivity index (χ0n) is 7.22. The first-order valence-corrected chi connectivity index (χ1v) is 10.9. The Morgan fingerprint density at radius 1 is 1.08 bits per heavy atom. The van der Waals surface area contributed by atoms with Gasteiger partial charge in [0.05, 0.1) is 8.80 Å². The topological polar surface area (TPSA) is 0 Å². The normalized spacial score (nSPS) is 8.75. The van der Waals surface area contributed by atoms with Crippen LogP contribution >= 0.6 is 18.6 Å². The minimum absolute atomic E-state index is 0.529. The number of halogens is 2. The van der Waals surface area contributed by atoms with E-state index in [1.54, 1.807) is 5.19 Å². The molecule has 12 heavy (non-hydrogen) atoms. The van der Waals surface area contributed by atoms with Crippen LogP contribution in [0.5, 0.6) is 0 Å². The minimum atomic E-state index is -0.556. The molecular formula is C8H12Cl2SiTi. The van der Waals surface area contributed by atoms with Crippen molar-refractivity contribution < 1.29 is 17.0 Å². The summed E-state index contributed by atoms with van der Waals surface area (Å²) in [7, 11) is 9.25. The molecule has 0 nitrogen and oxygen atoms in total. The first-order valence-electron chi connectivity index (χ1n) is 3.73. The van der Waals surface area contributed by atoms with Crippen LogP contribution in [0, 0.1) is 0 Å². The molecule has 1 aromatic rings.